The zero-order chi connectivity index (χ0) is 11.0. The molecular formula is C15H17N. The van der Waals surface area contributed by atoms with E-state index in [2.05, 4.69) is 42.5 Å². The van der Waals surface area contributed by atoms with E-state index in [0.717, 1.165) is 13.0 Å². The van der Waals surface area contributed by atoms with Crippen molar-refractivity contribution in [3.63, 3.8) is 0 Å². The van der Waals surface area contributed by atoms with Gasteiger partial charge in [-0.05, 0) is 47.6 Å². The highest BCUT2D eigenvalue weighted by atomic mass is 14.6. The van der Waals surface area contributed by atoms with E-state index in [9.17, 15) is 0 Å². The first kappa shape index (κ1) is 9.86. The molecule has 1 aliphatic rings. The number of hydrogen-bond acceptors (Lipinski definition) is 1. The van der Waals surface area contributed by atoms with Crippen LogP contribution in [0.4, 0.5) is 0 Å². The van der Waals surface area contributed by atoms with Crippen molar-refractivity contribution in [1.82, 2.24) is 0 Å². The summed E-state index contributed by atoms with van der Waals surface area (Å²) in [5, 5.41) is 2.76. The SMILES string of the molecule is NCCC1(c2cccc3ccccc23)CC1. The van der Waals surface area contributed by atoms with Crippen molar-refractivity contribution in [2.75, 3.05) is 6.54 Å². The number of fused-ring (bicyclic) bond motifs is 1. The highest BCUT2D eigenvalue weighted by Crippen LogP contribution is 2.52. The van der Waals surface area contributed by atoms with Gasteiger partial charge in [0.2, 0.25) is 0 Å². The minimum absolute atomic E-state index is 0.398. The molecule has 0 atom stereocenters. The quantitative estimate of drug-likeness (QED) is 0.828. The second-order valence-electron chi connectivity index (χ2n) is 4.85. The Labute approximate surface area is 96.3 Å². The van der Waals surface area contributed by atoms with E-state index in [1.807, 2.05) is 0 Å². The highest BCUT2D eigenvalue weighted by Gasteiger charge is 2.43. The fourth-order valence-corrected chi connectivity index (χ4v) is 2.77. The van der Waals surface area contributed by atoms with Crippen molar-refractivity contribution < 1.29 is 0 Å². The Morgan fingerprint density at radius 1 is 1.00 bits per heavy atom. The van der Waals surface area contributed by atoms with E-state index >= 15 is 0 Å². The predicted molar refractivity (Wildman–Crippen MR) is 68.5 cm³/mol. The zero-order valence-corrected chi connectivity index (χ0v) is 9.45. The second-order valence-corrected chi connectivity index (χ2v) is 4.85. The summed E-state index contributed by atoms with van der Waals surface area (Å²) in [7, 11) is 0. The summed E-state index contributed by atoms with van der Waals surface area (Å²) in [5.41, 5.74) is 7.64. The van der Waals surface area contributed by atoms with Crippen LogP contribution >= 0.6 is 0 Å². The molecule has 0 aromatic heterocycles. The molecule has 1 heteroatoms. The van der Waals surface area contributed by atoms with E-state index in [-0.39, 0.29) is 0 Å². The van der Waals surface area contributed by atoms with E-state index in [1.54, 1.807) is 0 Å². The molecule has 2 aromatic carbocycles. The molecule has 1 fully saturated rings. The molecule has 0 amide bonds. The maximum absolute atomic E-state index is 5.74. The van der Waals surface area contributed by atoms with E-state index in [4.69, 9.17) is 5.73 Å². The minimum atomic E-state index is 0.398. The lowest BCUT2D eigenvalue weighted by Gasteiger charge is -2.17. The molecule has 3 rings (SSSR count). The van der Waals surface area contributed by atoms with Crippen LogP contribution in [0.3, 0.4) is 0 Å². The lowest BCUT2D eigenvalue weighted by atomic mass is 9.88. The molecule has 0 aliphatic heterocycles. The van der Waals surface area contributed by atoms with E-state index in [1.165, 1.54) is 29.2 Å². The van der Waals surface area contributed by atoms with Gasteiger partial charge in [0.1, 0.15) is 0 Å². The summed E-state index contributed by atoms with van der Waals surface area (Å²) in [5.74, 6) is 0. The third kappa shape index (κ3) is 1.43. The van der Waals surface area contributed by atoms with Crippen LogP contribution in [0.25, 0.3) is 10.8 Å². The van der Waals surface area contributed by atoms with Crippen molar-refractivity contribution in [2.24, 2.45) is 5.73 Å². The van der Waals surface area contributed by atoms with Crippen LogP contribution in [0.2, 0.25) is 0 Å². The van der Waals surface area contributed by atoms with E-state index in [0.29, 0.717) is 5.41 Å². The van der Waals surface area contributed by atoms with Gasteiger partial charge in [-0.25, -0.2) is 0 Å². The Bertz CT molecular complexity index is 506. The molecular weight excluding hydrogens is 194 g/mol. The summed E-state index contributed by atoms with van der Waals surface area (Å²) in [6.07, 6.45) is 3.73. The van der Waals surface area contributed by atoms with Crippen LogP contribution in [0.15, 0.2) is 42.5 Å². The van der Waals surface area contributed by atoms with Crippen molar-refractivity contribution in [3.8, 4) is 0 Å². The molecule has 0 saturated heterocycles. The average Bonchev–Trinajstić information content (AvgIpc) is 3.10. The molecule has 16 heavy (non-hydrogen) atoms. The first-order chi connectivity index (χ1) is 7.86. The summed E-state index contributed by atoms with van der Waals surface area (Å²) in [4.78, 5) is 0. The predicted octanol–water partition coefficient (Wildman–Crippen LogP) is 3.22. The Morgan fingerprint density at radius 3 is 2.50 bits per heavy atom. The van der Waals surface area contributed by atoms with Crippen molar-refractivity contribution in [1.29, 1.82) is 0 Å². The van der Waals surface area contributed by atoms with Gasteiger partial charge < -0.3 is 5.73 Å². The molecule has 0 radical (unpaired) electrons. The van der Waals surface area contributed by atoms with Gasteiger partial charge in [0.05, 0.1) is 0 Å². The third-order valence-corrected chi connectivity index (χ3v) is 3.84. The van der Waals surface area contributed by atoms with Crippen molar-refractivity contribution in [2.45, 2.75) is 24.7 Å². The number of nitrogens with two attached hydrogens (primary N) is 1. The molecule has 0 unspecified atom stereocenters. The van der Waals surface area contributed by atoms with E-state index < -0.39 is 0 Å². The molecule has 2 aromatic rings. The van der Waals surface area contributed by atoms with Crippen molar-refractivity contribution in [3.05, 3.63) is 48.0 Å². The zero-order valence-electron chi connectivity index (χ0n) is 9.45. The van der Waals surface area contributed by atoms with Crippen LogP contribution in [0.5, 0.6) is 0 Å². The smallest absolute Gasteiger partial charge is 0.00282 e. The third-order valence-electron chi connectivity index (χ3n) is 3.84. The fourth-order valence-electron chi connectivity index (χ4n) is 2.77. The maximum atomic E-state index is 5.74. The molecule has 2 N–H and O–H groups in total. The van der Waals surface area contributed by atoms with Gasteiger partial charge in [0.15, 0.2) is 0 Å². The van der Waals surface area contributed by atoms with Crippen LogP contribution < -0.4 is 5.73 Å². The number of hydrogen-bond donors (Lipinski definition) is 1. The number of rotatable bonds is 3. The highest BCUT2D eigenvalue weighted by molar-refractivity contribution is 5.87. The van der Waals surface area contributed by atoms with Crippen LogP contribution in [-0.4, -0.2) is 6.54 Å². The maximum Gasteiger partial charge on any atom is -0.00282 e. The normalized spacial score (nSPS) is 17.6. The minimum Gasteiger partial charge on any atom is -0.330 e. The van der Waals surface area contributed by atoms with Gasteiger partial charge in [-0.3, -0.25) is 0 Å². The molecule has 0 bridgehead atoms. The molecule has 1 nitrogen and oxygen atoms in total. The number of benzene rings is 2. The Kier molecular flexibility index (Phi) is 2.22. The Balaban J connectivity index is 2.17. The average molecular weight is 211 g/mol. The summed E-state index contributed by atoms with van der Waals surface area (Å²) < 4.78 is 0. The van der Waals surface area contributed by atoms with Gasteiger partial charge in [0, 0.05) is 0 Å². The van der Waals surface area contributed by atoms with Gasteiger partial charge >= 0.3 is 0 Å². The molecule has 0 heterocycles. The Morgan fingerprint density at radius 2 is 1.75 bits per heavy atom. The standard InChI is InChI=1S/C15H17N/c16-11-10-15(8-9-15)14-7-3-5-12-4-1-2-6-13(12)14/h1-7H,8-11,16H2. The van der Waals surface area contributed by atoms with Gasteiger partial charge in [-0.1, -0.05) is 42.5 Å². The monoisotopic (exact) mass is 211 g/mol. The first-order valence-electron chi connectivity index (χ1n) is 6.04. The largest absolute Gasteiger partial charge is 0.330 e. The molecule has 0 spiro atoms. The van der Waals surface area contributed by atoms with Crippen LogP contribution in [0, 0.1) is 0 Å². The van der Waals surface area contributed by atoms with Gasteiger partial charge in [-0.2, -0.15) is 0 Å². The second kappa shape index (κ2) is 3.60. The summed E-state index contributed by atoms with van der Waals surface area (Å²) in [6.45, 7) is 0.795. The lowest BCUT2D eigenvalue weighted by molar-refractivity contribution is 0.634. The fraction of sp³-hybridized carbons (Fsp3) is 0.333. The topological polar surface area (TPSA) is 26.0 Å². The molecule has 1 aliphatic carbocycles. The van der Waals surface area contributed by atoms with Gasteiger partial charge in [-0.15, -0.1) is 0 Å². The summed E-state index contributed by atoms with van der Waals surface area (Å²) in [6, 6.07) is 15.3. The summed E-state index contributed by atoms with van der Waals surface area (Å²) >= 11 is 0. The first-order valence-corrected chi connectivity index (χ1v) is 6.04. The van der Waals surface area contributed by atoms with Crippen molar-refractivity contribution >= 4 is 10.8 Å². The van der Waals surface area contributed by atoms with Crippen LogP contribution in [0.1, 0.15) is 24.8 Å². The molecule has 82 valence electrons. The Hall–Kier alpha value is -1.34. The van der Waals surface area contributed by atoms with Crippen LogP contribution in [-0.2, 0) is 5.41 Å². The van der Waals surface area contributed by atoms with Gasteiger partial charge in [0.25, 0.3) is 0 Å². The lowest BCUT2D eigenvalue weighted by Crippen LogP contribution is -2.13. The molecule has 1 saturated carbocycles.